The van der Waals surface area contributed by atoms with Crippen LogP contribution in [0.15, 0.2) is 36.5 Å². The number of hydrogen-bond donors (Lipinski definition) is 2. The molecule has 0 aliphatic heterocycles. The van der Waals surface area contributed by atoms with Gasteiger partial charge in [-0.25, -0.2) is 4.98 Å². The van der Waals surface area contributed by atoms with Crippen LogP contribution in [0.1, 0.15) is 24.1 Å². The maximum Gasteiger partial charge on any atom is 0.128 e. The van der Waals surface area contributed by atoms with E-state index >= 15 is 0 Å². The average molecular weight is 292 g/mol. The molecule has 0 aliphatic carbocycles. The van der Waals surface area contributed by atoms with Gasteiger partial charge in [0.2, 0.25) is 0 Å². The fraction of sp³-hybridized carbons (Fsp3) is 0.267. The van der Waals surface area contributed by atoms with Crippen LogP contribution < -0.4 is 15.8 Å². The van der Waals surface area contributed by atoms with Crippen molar-refractivity contribution in [2.45, 2.75) is 13.0 Å². The first-order valence-corrected chi connectivity index (χ1v) is 6.82. The van der Waals surface area contributed by atoms with Crippen LogP contribution in [0.2, 0.25) is 5.02 Å². The molecule has 0 aliphatic rings. The van der Waals surface area contributed by atoms with E-state index in [0.717, 1.165) is 23.4 Å². The topological polar surface area (TPSA) is 60.2 Å². The first kappa shape index (κ1) is 14.6. The van der Waals surface area contributed by atoms with Gasteiger partial charge in [0.1, 0.15) is 11.6 Å². The molecule has 106 valence electrons. The highest BCUT2D eigenvalue weighted by atomic mass is 35.5. The third-order valence-electron chi connectivity index (χ3n) is 3.09. The quantitative estimate of drug-likeness (QED) is 0.889. The van der Waals surface area contributed by atoms with Crippen molar-refractivity contribution < 1.29 is 4.74 Å². The molecule has 5 heteroatoms. The van der Waals surface area contributed by atoms with Crippen molar-refractivity contribution >= 4 is 17.4 Å². The van der Waals surface area contributed by atoms with E-state index in [1.54, 1.807) is 13.3 Å². The minimum Gasteiger partial charge on any atom is -0.496 e. The second kappa shape index (κ2) is 6.59. The standard InChI is InChI=1S/C15H18ClN3O/c1-3-18-14(11-6-4-5-7-13(11)20-2)12-8-10(16)9-19-15(12)17/h4-9,14,18H,3H2,1-2H3,(H2,17,19). The molecule has 0 fully saturated rings. The molecule has 1 heterocycles. The Bertz CT molecular complexity index is 589. The van der Waals surface area contributed by atoms with E-state index in [2.05, 4.69) is 10.3 Å². The van der Waals surface area contributed by atoms with Crippen LogP contribution in [0.25, 0.3) is 0 Å². The molecule has 3 N–H and O–H groups in total. The number of pyridine rings is 1. The molecule has 2 rings (SSSR count). The van der Waals surface area contributed by atoms with E-state index in [-0.39, 0.29) is 6.04 Å². The van der Waals surface area contributed by atoms with Crippen molar-refractivity contribution in [3.8, 4) is 5.75 Å². The van der Waals surface area contributed by atoms with Crippen LogP contribution in [0.4, 0.5) is 5.82 Å². The zero-order valence-corrected chi connectivity index (χ0v) is 12.3. The van der Waals surface area contributed by atoms with E-state index in [1.807, 2.05) is 37.3 Å². The van der Waals surface area contributed by atoms with Crippen molar-refractivity contribution in [2.24, 2.45) is 0 Å². The van der Waals surface area contributed by atoms with Gasteiger partial charge in [0.05, 0.1) is 18.2 Å². The SMILES string of the molecule is CCNC(c1ccccc1OC)c1cc(Cl)cnc1N. The van der Waals surface area contributed by atoms with E-state index in [0.29, 0.717) is 10.8 Å². The Kier molecular flexibility index (Phi) is 4.82. The number of hydrogen-bond acceptors (Lipinski definition) is 4. The van der Waals surface area contributed by atoms with Gasteiger partial charge in [-0.05, 0) is 18.7 Å². The van der Waals surface area contributed by atoms with Crippen LogP contribution in [0, 0.1) is 0 Å². The van der Waals surface area contributed by atoms with Crippen molar-refractivity contribution in [2.75, 3.05) is 19.4 Å². The van der Waals surface area contributed by atoms with Crippen molar-refractivity contribution in [1.82, 2.24) is 10.3 Å². The Balaban J connectivity index is 2.53. The fourth-order valence-electron chi connectivity index (χ4n) is 2.19. The highest BCUT2D eigenvalue weighted by Gasteiger charge is 2.20. The molecule has 0 saturated carbocycles. The molecule has 1 aromatic carbocycles. The summed E-state index contributed by atoms with van der Waals surface area (Å²) in [5.41, 5.74) is 7.86. The molecule has 1 aromatic heterocycles. The Labute approximate surface area is 123 Å². The first-order valence-electron chi connectivity index (χ1n) is 6.44. The molecule has 20 heavy (non-hydrogen) atoms. The maximum absolute atomic E-state index is 6.05. The number of nitrogens with zero attached hydrogens (tertiary/aromatic N) is 1. The predicted octanol–water partition coefficient (Wildman–Crippen LogP) is 3.02. The number of nitrogens with two attached hydrogens (primary N) is 1. The second-order valence-corrected chi connectivity index (χ2v) is 4.80. The van der Waals surface area contributed by atoms with Gasteiger partial charge in [-0.2, -0.15) is 0 Å². The molecule has 0 bridgehead atoms. The lowest BCUT2D eigenvalue weighted by Crippen LogP contribution is -2.23. The first-order chi connectivity index (χ1) is 9.67. The number of anilines is 1. The average Bonchev–Trinajstić information content (AvgIpc) is 2.47. The summed E-state index contributed by atoms with van der Waals surface area (Å²) in [6.07, 6.45) is 1.55. The van der Waals surface area contributed by atoms with Gasteiger partial charge in [-0.3, -0.25) is 0 Å². The molecular weight excluding hydrogens is 274 g/mol. The summed E-state index contributed by atoms with van der Waals surface area (Å²) in [6, 6.07) is 9.56. The number of para-hydroxylation sites is 1. The van der Waals surface area contributed by atoms with Gasteiger partial charge in [0.15, 0.2) is 0 Å². The third kappa shape index (κ3) is 3.03. The smallest absolute Gasteiger partial charge is 0.128 e. The van der Waals surface area contributed by atoms with Crippen LogP contribution in [0.3, 0.4) is 0 Å². The molecule has 0 spiro atoms. The van der Waals surface area contributed by atoms with E-state index in [4.69, 9.17) is 22.1 Å². The molecule has 1 unspecified atom stereocenters. The van der Waals surface area contributed by atoms with Crippen molar-refractivity contribution in [3.05, 3.63) is 52.7 Å². The maximum atomic E-state index is 6.05. The monoisotopic (exact) mass is 291 g/mol. The zero-order chi connectivity index (χ0) is 14.5. The summed E-state index contributed by atoms with van der Waals surface area (Å²) in [4.78, 5) is 4.13. The van der Waals surface area contributed by atoms with Gasteiger partial charge >= 0.3 is 0 Å². The molecule has 0 radical (unpaired) electrons. The zero-order valence-electron chi connectivity index (χ0n) is 11.6. The van der Waals surface area contributed by atoms with Gasteiger partial charge in [-0.1, -0.05) is 36.7 Å². The van der Waals surface area contributed by atoms with Crippen molar-refractivity contribution in [3.63, 3.8) is 0 Å². The number of methoxy groups -OCH3 is 1. The number of benzene rings is 1. The van der Waals surface area contributed by atoms with Crippen LogP contribution in [-0.2, 0) is 0 Å². The van der Waals surface area contributed by atoms with Gasteiger partial charge < -0.3 is 15.8 Å². The van der Waals surface area contributed by atoms with E-state index in [9.17, 15) is 0 Å². The summed E-state index contributed by atoms with van der Waals surface area (Å²) < 4.78 is 5.43. The Morgan fingerprint density at radius 3 is 2.80 bits per heavy atom. The highest BCUT2D eigenvalue weighted by molar-refractivity contribution is 6.30. The number of rotatable bonds is 5. The lowest BCUT2D eigenvalue weighted by molar-refractivity contribution is 0.404. The normalized spacial score (nSPS) is 12.2. The second-order valence-electron chi connectivity index (χ2n) is 4.36. The number of halogens is 1. The van der Waals surface area contributed by atoms with Gasteiger partial charge in [-0.15, -0.1) is 0 Å². The summed E-state index contributed by atoms with van der Waals surface area (Å²) in [5, 5.41) is 3.96. The minimum atomic E-state index is -0.109. The van der Waals surface area contributed by atoms with Crippen LogP contribution in [0.5, 0.6) is 5.75 Å². The molecule has 4 nitrogen and oxygen atoms in total. The number of nitrogen functional groups attached to an aromatic ring is 1. The number of ether oxygens (including phenoxy) is 1. The van der Waals surface area contributed by atoms with E-state index < -0.39 is 0 Å². The summed E-state index contributed by atoms with van der Waals surface area (Å²) in [6.45, 7) is 2.82. The Morgan fingerprint density at radius 2 is 2.10 bits per heavy atom. The molecule has 0 saturated heterocycles. The third-order valence-corrected chi connectivity index (χ3v) is 3.29. The molecule has 1 atom stereocenters. The predicted molar refractivity (Wildman–Crippen MR) is 82.2 cm³/mol. The van der Waals surface area contributed by atoms with Crippen LogP contribution in [-0.4, -0.2) is 18.6 Å². The highest BCUT2D eigenvalue weighted by Crippen LogP contribution is 2.32. The fourth-order valence-corrected chi connectivity index (χ4v) is 2.36. The minimum absolute atomic E-state index is 0.109. The summed E-state index contributed by atoms with van der Waals surface area (Å²) in [7, 11) is 1.65. The van der Waals surface area contributed by atoms with Gasteiger partial charge in [0, 0.05) is 17.3 Å². The summed E-state index contributed by atoms with van der Waals surface area (Å²) >= 11 is 6.05. The Hall–Kier alpha value is -1.78. The molecule has 2 aromatic rings. The number of nitrogens with one attached hydrogen (secondary N) is 1. The number of aromatic nitrogens is 1. The largest absolute Gasteiger partial charge is 0.496 e. The lowest BCUT2D eigenvalue weighted by atomic mass is 9.98. The van der Waals surface area contributed by atoms with Gasteiger partial charge in [0.25, 0.3) is 0 Å². The van der Waals surface area contributed by atoms with E-state index in [1.165, 1.54) is 0 Å². The molecular formula is C15H18ClN3O. The molecule has 0 amide bonds. The van der Waals surface area contributed by atoms with Crippen molar-refractivity contribution in [1.29, 1.82) is 0 Å². The summed E-state index contributed by atoms with van der Waals surface area (Å²) in [5.74, 6) is 1.27. The van der Waals surface area contributed by atoms with Crippen LogP contribution >= 0.6 is 11.6 Å². The lowest BCUT2D eigenvalue weighted by Gasteiger charge is -2.22. The Morgan fingerprint density at radius 1 is 1.35 bits per heavy atom.